The minimum Gasteiger partial charge on any atom is -0.371 e. The van der Waals surface area contributed by atoms with Crippen molar-refractivity contribution in [1.29, 1.82) is 0 Å². The van der Waals surface area contributed by atoms with Crippen LogP contribution in [0.5, 0.6) is 0 Å². The van der Waals surface area contributed by atoms with Crippen molar-refractivity contribution in [2.24, 2.45) is 0 Å². The number of carbonyl (C=O) groups excluding carboxylic acids is 1. The average molecular weight is 358 g/mol. The van der Waals surface area contributed by atoms with E-state index in [1.807, 2.05) is 12.1 Å². The molecule has 1 amide bonds. The van der Waals surface area contributed by atoms with Crippen LogP contribution in [0.25, 0.3) is 0 Å². The zero-order valence-corrected chi connectivity index (χ0v) is 15.9. The Labute approximate surface area is 154 Å². The van der Waals surface area contributed by atoms with Crippen molar-refractivity contribution in [3.8, 4) is 0 Å². The maximum Gasteiger partial charge on any atom is 0.225 e. The van der Waals surface area contributed by atoms with Crippen molar-refractivity contribution in [2.75, 3.05) is 23.3 Å². The SMILES string of the molecule is Cc1ccsc1CNC(C)CC(=O)Nc1cccc(N2CCCC2)c1. The zero-order chi connectivity index (χ0) is 17.6. The first-order valence-electron chi connectivity index (χ1n) is 9.03. The predicted molar refractivity (Wildman–Crippen MR) is 106 cm³/mol. The average Bonchev–Trinajstić information content (AvgIpc) is 3.25. The van der Waals surface area contributed by atoms with Gasteiger partial charge < -0.3 is 15.5 Å². The van der Waals surface area contributed by atoms with Gasteiger partial charge in [0.05, 0.1) is 0 Å². The Morgan fingerprint density at radius 3 is 2.80 bits per heavy atom. The lowest BCUT2D eigenvalue weighted by Gasteiger charge is -2.19. The second-order valence-electron chi connectivity index (χ2n) is 6.81. The Bertz CT molecular complexity index is 706. The highest BCUT2D eigenvalue weighted by Crippen LogP contribution is 2.23. The van der Waals surface area contributed by atoms with Crippen LogP contribution in [0.15, 0.2) is 35.7 Å². The maximum absolute atomic E-state index is 12.3. The molecule has 0 saturated carbocycles. The molecule has 1 fully saturated rings. The minimum absolute atomic E-state index is 0.0569. The van der Waals surface area contributed by atoms with Gasteiger partial charge in [0, 0.05) is 48.3 Å². The van der Waals surface area contributed by atoms with E-state index in [0.29, 0.717) is 6.42 Å². The summed E-state index contributed by atoms with van der Waals surface area (Å²) in [5.74, 6) is 0.0569. The normalized spacial score (nSPS) is 15.4. The van der Waals surface area contributed by atoms with Crippen molar-refractivity contribution in [3.63, 3.8) is 0 Å². The summed E-state index contributed by atoms with van der Waals surface area (Å²) in [4.78, 5) is 16.0. The van der Waals surface area contributed by atoms with Crippen molar-refractivity contribution < 1.29 is 4.79 Å². The minimum atomic E-state index is 0.0569. The number of hydrogen-bond acceptors (Lipinski definition) is 4. The van der Waals surface area contributed by atoms with Gasteiger partial charge in [-0.3, -0.25) is 4.79 Å². The Morgan fingerprint density at radius 1 is 1.28 bits per heavy atom. The lowest BCUT2D eigenvalue weighted by Crippen LogP contribution is -2.30. The summed E-state index contributed by atoms with van der Waals surface area (Å²) in [7, 11) is 0. The molecule has 2 aromatic rings. The van der Waals surface area contributed by atoms with Crippen molar-refractivity contribution >= 4 is 28.6 Å². The number of aryl methyl sites for hydroxylation is 1. The van der Waals surface area contributed by atoms with E-state index in [2.05, 4.69) is 53.0 Å². The first-order valence-corrected chi connectivity index (χ1v) is 9.91. The zero-order valence-electron chi connectivity index (χ0n) is 15.0. The monoisotopic (exact) mass is 357 g/mol. The lowest BCUT2D eigenvalue weighted by molar-refractivity contribution is -0.116. The number of amides is 1. The molecule has 1 aliphatic rings. The van der Waals surface area contributed by atoms with Crippen LogP contribution in [0.3, 0.4) is 0 Å². The summed E-state index contributed by atoms with van der Waals surface area (Å²) in [6.45, 7) is 7.23. The third-order valence-electron chi connectivity index (χ3n) is 4.67. The molecule has 1 unspecified atom stereocenters. The number of hydrogen-bond donors (Lipinski definition) is 2. The molecule has 1 aromatic carbocycles. The van der Waals surface area contributed by atoms with E-state index in [1.54, 1.807) is 11.3 Å². The molecule has 1 aromatic heterocycles. The van der Waals surface area contributed by atoms with Crippen LogP contribution < -0.4 is 15.5 Å². The molecule has 1 saturated heterocycles. The standard InChI is InChI=1S/C20H27N3OS/c1-15-8-11-25-19(15)14-21-16(2)12-20(24)22-17-6-5-7-18(13-17)23-9-3-4-10-23/h5-8,11,13,16,21H,3-4,9-10,12,14H2,1-2H3,(H,22,24). The fourth-order valence-corrected chi connectivity index (χ4v) is 4.03. The molecule has 2 heterocycles. The summed E-state index contributed by atoms with van der Waals surface area (Å²) >= 11 is 1.76. The number of benzene rings is 1. The van der Waals surface area contributed by atoms with Crippen LogP contribution >= 0.6 is 11.3 Å². The fraction of sp³-hybridized carbons (Fsp3) is 0.450. The van der Waals surface area contributed by atoms with E-state index >= 15 is 0 Å². The van der Waals surface area contributed by atoms with Gasteiger partial charge in [0.2, 0.25) is 5.91 Å². The molecule has 0 aliphatic carbocycles. The van der Waals surface area contributed by atoms with Crippen LogP contribution in [0.4, 0.5) is 11.4 Å². The van der Waals surface area contributed by atoms with E-state index in [-0.39, 0.29) is 11.9 Å². The summed E-state index contributed by atoms with van der Waals surface area (Å²) in [5, 5.41) is 8.59. The summed E-state index contributed by atoms with van der Waals surface area (Å²) < 4.78 is 0. The van der Waals surface area contributed by atoms with Gasteiger partial charge in [-0.05, 0) is 61.9 Å². The molecule has 2 N–H and O–H groups in total. The van der Waals surface area contributed by atoms with E-state index < -0.39 is 0 Å². The first-order chi connectivity index (χ1) is 12.1. The Morgan fingerprint density at radius 2 is 2.08 bits per heavy atom. The first kappa shape index (κ1) is 18.0. The maximum atomic E-state index is 12.3. The van der Waals surface area contributed by atoms with Gasteiger partial charge in [0.1, 0.15) is 0 Å². The Kier molecular flexibility index (Phi) is 6.10. The highest BCUT2D eigenvalue weighted by Gasteiger charge is 2.14. The molecule has 4 nitrogen and oxygen atoms in total. The molecule has 134 valence electrons. The van der Waals surface area contributed by atoms with Crippen LogP contribution in [0.1, 0.15) is 36.6 Å². The molecular formula is C20H27N3OS. The highest BCUT2D eigenvalue weighted by atomic mass is 32.1. The molecule has 0 radical (unpaired) electrons. The van der Waals surface area contributed by atoms with Gasteiger partial charge in [-0.25, -0.2) is 0 Å². The molecule has 0 bridgehead atoms. The quantitative estimate of drug-likeness (QED) is 0.782. The molecule has 25 heavy (non-hydrogen) atoms. The van der Waals surface area contributed by atoms with Gasteiger partial charge in [0.15, 0.2) is 0 Å². The van der Waals surface area contributed by atoms with Crippen LogP contribution in [-0.4, -0.2) is 25.0 Å². The van der Waals surface area contributed by atoms with Crippen molar-refractivity contribution in [1.82, 2.24) is 5.32 Å². The molecule has 1 atom stereocenters. The van der Waals surface area contributed by atoms with E-state index in [9.17, 15) is 4.79 Å². The third kappa shape index (κ3) is 5.06. The summed E-state index contributed by atoms with van der Waals surface area (Å²) in [6.07, 6.45) is 2.98. The second kappa shape index (κ2) is 8.50. The van der Waals surface area contributed by atoms with Gasteiger partial charge in [-0.15, -0.1) is 11.3 Å². The van der Waals surface area contributed by atoms with Crippen molar-refractivity contribution in [2.45, 2.75) is 45.7 Å². The lowest BCUT2D eigenvalue weighted by atomic mass is 10.2. The second-order valence-corrected chi connectivity index (χ2v) is 7.81. The van der Waals surface area contributed by atoms with Crippen LogP contribution in [0.2, 0.25) is 0 Å². The van der Waals surface area contributed by atoms with Gasteiger partial charge in [-0.1, -0.05) is 6.07 Å². The topological polar surface area (TPSA) is 44.4 Å². The Hall–Kier alpha value is -1.85. The number of nitrogens with one attached hydrogen (secondary N) is 2. The summed E-state index contributed by atoms with van der Waals surface area (Å²) in [5.41, 5.74) is 3.40. The fourth-order valence-electron chi connectivity index (χ4n) is 3.17. The number of carbonyl (C=O) groups is 1. The van der Waals surface area contributed by atoms with E-state index in [0.717, 1.165) is 25.3 Å². The number of nitrogens with zero attached hydrogens (tertiary/aromatic N) is 1. The smallest absolute Gasteiger partial charge is 0.225 e. The van der Waals surface area contributed by atoms with Crippen LogP contribution in [0, 0.1) is 6.92 Å². The third-order valence-corrected chi connectivity index (χ3v) is 5.69. The number of anilines is 2. The van der Waals surface area contributed by atoms with E-state index in [4.69, 9.17) is 0 Å². The van der Waals surface area contributed by atoms with Gasteiger partial charge in [0.25, 0.3) is 0 Å². The molecule has 0 spiro atoms. The summed E-state index contributed by atoms with van der Waals surface area (Å²) in [6, 6.07) is 10.5. The molecule has 5 heteroatoms. The molecule has 1 aliphatic heterocycles. The van der Waals surface area contributed by atoms with Crippen LogP contribution in [-0.2, 0) is 11.3 Å². The number of rotatable bonds is 7. The largest absolute Gasteiger partial charge is 0.371 e. The molecule has 3 rings (SSSR count). The van der Waals surface area contributed by atoms with Gasteiger partial charge in [-0.2, -0.15) is 0 Å². The van der Waals surface area contributed by atoms with Gasteiger partial charge >= 0.3 is 0 Å². The highest BCUT2D eigenvalue weighted by molar-refractivity contribution is 7.10. The van der Waals surface area contributed by atoms with E-state index in [1.165, 1.54) is 29.0 Å². The molecular weight excluding hydrogens is 330 g/mol. The predicted octanol–water partition coefficient (Wildman–Crippen LogP) is 4.16. The number of thiophene rings is 1. The Balaban J connectivity index is 1.48. The van der Waals surface area contributed by atoms with Crippen molar-refractivity contribution in [3.05, 3.63) is 46.2 Å².